The second-order valence-corrected chi connectivity index (χ2v) is 19.5. The van der Waals surface area contributed by atoms with Crippen LogP contribution in [0.3, 0.4) is 0 Å². The highest BCUT2D eigenvalue weighted by Crippen LogP contribution is 2.63. The minimum Gasteiger partial charge on any atom is -0.335 e. The van der Waals surface area contributed by atoms with Crippen LogP contribution in [0.2, 0.25) is 0 Å². The fourth-order valence-electron chi connectivity index (χ4n) is 12.5. The number of nitrogens with zero attached hydrogens (tertiary/aromatic N) is 3. The second-order valence-electron chi connectivity index (χ2n) is 19.5. The number of para-hydroxylation sites is 3. The van der Waals surface area contributed by atoms with E-state index < -0.39 is 0 Å². The average Bonchev–Trinajstić information content (AvgIpc) is 3.65. The van der Waals surface area contributed by atoms with E-state index in [1.54, 1.807) is 16.7 Å². The summed E-state index contributed by atoms with van der Waals surface area (Å²) in [5.74, 6) is 0. The highest BCUT2D eigenvalue weighted by molar-refractivity contribution is 7.00. The van der Waals surface area contributed by atoms with Gasteiger partial charge in [0.05, 0.1) is 16.6 Å². The van der Waals surface area contributed by atoms with Gasteiger partial charge in [-0.2, -0.15) is 0 Å². The number of hydrogen-bond donors (Lipinski definition) is 0. The van der Waals surface area contributed by atoms with Crippen molar-refractivity contribution in [1.29, 1.82) is 0 Å². The van der Waals surface area contributed by atoms with Gasteiger partial charge in [0, 0.05) is 50.3 Å². The second kappa shape index (κ2) is 10.8. The van der Waals surface area contributed by atoms with E-state index in [9.17, 15) is 0 Å². The molecule has 0 amide bonds. The molecule has 4 heterocycles. The zero-order chi connectivity index (χ0) is 37.9. The van der Waals surface area contributed by atoms with Crippen LogP contribution in [-0.4, -0.2) is 16.8 Å². The van der Waals surface area contributed by atoms with Crippen molar-refractivity contribution < 1.29 is 0 Å². The maximum Gasteiger partial charge on any atom is 0.252 e. The van der Waals surface area contributed by atoms with E-state index >= 15 is 0 Å². The summed E-state index contributed by atoms with van der Waals surface area (Å²) in [7, 11) is 0. The number of rotatable bonds is 3. The average molecular weight is 728 g/mol. The Balaban J connectivity index is 1.23. The third-order valence-electron chi connectivity index (χ3n) is 15.8. The maximum absolute atomic E-state index is 2.92. The monoisotopic (exact) mass is 727 g/mol. The van der Waals surface area contributed by atoms with Crippen LogP contribution in [0.4, 0.5) is 28.4 Å². The molecule has 3 nitrogen and oxygen atoms in total. The SMILES string of the molecule is CC1(C)CCC(C)(C)c2cc3c(cc21)B1c2ccc(N(c4ccccc4)c4ccccc4)cc2-n2c4ccccc4c4cc5c(c1c42)N3C1(C)CCCCC51C. The first kappa shape index (κ1) is 33.0. The highest BCUT2D eigenvalue weighted by atomic mass is 15.3. The standard InChI is InChI=1S/C52H50BN3/c1-49(2)27-28-50(3,4)39-32-45-42(31-38(39)49)53-41-24-23-35(54(33-17-9-7-10-18-33)34-19-11-8-12-20-34)29-44(41)55-43-22-14-13-21-36(43)37-30-40-48(46(53)47(37)55)56(45)52(6)26-16-15-25-51(40,52)5/h7-14,17-24,29-32H,15-16,25-28H2,1-6H3. The molecule has 0 spiro atoms. The van der Waals surface area contributed by atoms with Gasteiger partial charge in [0.15, 0.2) is 0 Å². The van der Waals surface area contributed by atoms with Crippen LogP contribution in [0, 0.1) is 0 Å². The molecule has 0 bridgehead atoms. The number of benzene rings is 6. The largest absolute Gasteiger partial charge is 0.335 e. The van der Waals surface area contributed by atoms with Gasteiger partial charge in [0.25, 0.3) is 6.71 Å². The summed E-state index contributed by atoms with van der Waals surface area (Å²) in [5.41, 5.74) is 20.0. The molecule has 12 rings (SSSR count). The van der Waals surface area contributed by atoms with Crippen molar-refractivity contribution in [2.45, 2.75) is 102 Å². The van der Waals surface area contributed by atoms with Crippen LogP contribution < -0.4 is 26.2 Å². The molecule has 1 saturated carbocycles. The molecule has 3 aliphatic heterocycles. The van der Waals surface area contributed by atoms with E-state index in [-0.39, 0.29) is 28.5 Å². The quantitative estimate of drug-likeness (QED) is 0.168. The Morgan fingerprint density at radius 3 is 1.89 bits per heavy atom. The fourth-order valence-corrected chi connectivity index (χ4v) is 12.5. The van der Waals surface area contributed by atoms with Crippen molar-refractivity contribution in [1.82, 2.24) is 4.57 Å². The Bertz CT molecular complexity index is 2770. The summed E-state index contributed by atoms with van der Waals surface area (Å²) in [6, 6.07) is 46.4. The molecular weight excluding hydrogens is 677 g/mol. The lowest BCUT2D eigenvalue weighted by Crippen LogP contribution is -2.64. The summed E-state index contributed by atoms with van der Waals surface area (Å²) in [5, 5.41) is 2.78. The van der Waals surface area contributed by atoms with Crippen molar-refractivity contribution in [3.63, 3.8) is 0 Å². The van der Waals surface area contributed by atoms with Gasteiger partial charge in [-0.3, -0.25) is 0 Å². The summed E-state index contributed by atoms with van der Waals surface area (Å²) in [4.78, 5) is 5.35. The molecule has 56 heavy (non-hydrogen) atoms. The van der Waals surface area contributed by atoms with E-state index in [4.69, 9.17) is 0 Å². The van der Waals surface area contributed by atoms with Gasteiger partial charge in [0.1, 0.15) is 0 Å². The molecule has 0 saturated heterocycles. The maximum atomic E-state index is 2.92. The molecule has 2 atom stereocenters. The van der Waals surface area contributed by atoms with Crippen molar-refractivity contribution >= 4 is 73.3 Å². The number of fused-ring (bicyclic) bond motifs is 13. The van der Waals surface area contributed by atoms with Gasteiger partial charge in [-0.05, 0) is 131 Å². The Hall–Kier alpha value is -5.22. The topological polar surface area (TPSA) is 11.4 Å². The van der Waals surface area contributed by atoms with Gasteiger partial charge < -0.3 is 14.4 Å². The molecule has 5 aliphatic rings. The lowest BCUT2D eigenvalue weighted by atomic mass is 9.33. The Morgan fingerprint density at radius 2 is 1.18 bits per heavy atom. The summed E-state index contributed by atoms with van der Waals surface area (Å²) < 4.78 is 2.66. The van der Waals surface area contributed by atoms with Crippen LogP contribution in [-0.2, 0) is 16.2 Å². The van der Waals surface area contributed by atoms with E-state index in [2.05, 4.69) is 177 Å². The van der Waals surface area contributed by atoms with E-state index in [0.29, 0.717) is 0 Å². The Labute approximate surface area is 332 Å². The molecule has 1 fully saturated rings. The number of aromatic nitrogens is 1. The summed E-state index contributed by atoms with van der Waals surface area (Å²) in [6.07, 6.45) is 7.46. The van der Waals surface area contributed by atoms with Gasteiger partial charge >= 0.3 is 0 Å². The van der Waals surface area contributed by atoms with E-state index in [1.165, 1.54) is 99.5 Å². The van der Waals surface area contributed by atoms with E-state index in [0.717, 1.165) is 11.4 Å². The Kier molecular flexibility index (Phi) is 6.35. The van der Waals surface area contributed by atoms with Crippen molar-refractivity contribution in [2.24, 2.45) is 0 Å². The van der Waals surface area contributed by atoms with Crippen LogP contribution in [0.25, 0.3) is 27.5 Å². The van der Waals surface area contributed by atoms with Gasteiger partial charge in [-0.1, -0.05) is 114 Å². The molecule has 1 aromatic heterocycles. The molecule has 0 N–H and O–H groups in total. The molecule has 4 heteroatoms. The minimum absolute atomic E-state index is 0.00179. The number of hydrogen-bond acceptors (Lipinski definition) is 2. The molecule has 7 aromatic rings. The highest BCUT2D eigenvalue weighted by Gasteiger charge is 2.62. The van der Waals surface area contributed by atoms with Crippen molar-refractivity contribution in [3.05, 3.63) is 138 Å². The van der Waals surface area contributed by atoms with Crippen LogP contribution >= 0.6 is 0 Å². The third-order valence-corrected chi connectivity index (χ3v) is 15.8. The van der Waals surface area contributed by atoms with Crippen molar-refractivity contribution in [3.8, 4) is 5.69 Å². The van der Waals surface area contributed by atoms with Gasteiger partial charge in [-0.15, -0.1) is 0 Å². The first-order valence-electron chi connectivity index (χ1n) is 21.2. The minimum atomic E-state index is 0.00179. The molecule has 276 valence electrons. The molecular formula is C52H50BN3. The Morgan fingerprint density at radius 1 is 0.536 bits per heavy atom. The first-order valence-corrected chi connectivity index (χ1v) is 21.2. The zero-order valence-corrected chi connectivity index (χ0v) is 33.7. The third kappa shape index (κ3) is 3.96. The van der Waals surface area contributed by atoms with Gasteiger partial charge in [-0.25, -0.2) is 0 Å². The fraction of sp³-hybridized carbons (Fsp3) is 0.308. The van der Waals surface area contributed by atoms with E-state index in [1.807, 2.05) is 0 Å². The lowest BCUT2D eigenvalue weighted by Gasteiger charge is -2.53. The summed E-state index contributed by atoms with van der Waals surface area (Å²) in [6.45, 7) is 15.4. The van der Waals surface area contributed by atoms with Gasteiger partial charge in [0.2, 0.25) is 0 Å². The molecule has 6 aromatic carbocycles. The smallest absolute Gasteiger partial charge is 0.252 e. The normalized spacial score (nSPS) is 23.1. The molecule has 2 unspecified atom stereocenters. The summed E-state index contributed by atoms with van der Waals surface area (Å²) >= 11 is 0. The lowest BCUT2D eigenvalue weighted by molar-refractivity contribution is 0.195. The first-order chi connectivity index (χ1) is 27.0. The zero-order valence-electron chi connectivity index (χ0n) is 33.7. The van der Waals surface area contributed by atoms with Crippen LogP contribution in [0.15, 0.2) is 121 Å². The predicted molar refractivity (Wildman–Crippen MR) is 238 cm³/mol. The van der Waals surface area contributed by atoms with Crippen molar-refractivity contribution in [2.75, 3.05) is 9.80 Å². The molecule has 0 radical (unpaired) electrons. The van der Waals surface area contributed by atoms with Crippen LogP contribution in [0.1, 0.15) is 96.8 Å². The predicted octanol–water partition coefficient (Wildman–Crippen LogP) is 11.5. The molecule has 2 aliphatic carbocycles. The number of anilines is 5. The van der Waals surface area contributed by atoms with Crippen LogP contribution in [0.5, 0.6) is 0 Å².